The van der Waals surface area contributed by atoms with Crippen molar-refractivity contribution >= 4 is 5.69 Å². The number of aliphatic hydroxyl groups excluding tert-OH is 1. The third-order valence-corrected chi connectivity index (χ3v) is 3.59. The van der Waals surface area contributed by atoms with Gasteiger partial charge in [0.2, 0.25) is 0 Å². The molecule has 1 aliphatic heterocycles. The summed E-state index contributed by atoms with van der Waals surface area (Å²) in [5.74, 6) is 0. The van der Waals surface area contributed by atoms with Crippen molar-refractivity contribution in [3.05, 3.63) is 29.3 Å². The largest absolute Gasteiger partial charge is 0.396 e. The van der Waals surface area contributed by atoms with E-state index in [0.717, 1.165) is 25.9 Å². The Labute approximate surface area is 115 Å². The molecular formula is C15H24N2O2. The van der Waals surface area contributed by atoms with E-state index in [9.17, 15) is 0 Å². The van der Waals surface area contributed by atoms with Crippen LogP contribution in [0, 0.1) is 0 Å². The van der Waals surface area contributed by atoms with Crippen molar-refractivity contribution in [2.75, 3.05) is 32.2 Å². The molecule has 1 aromatic rings. The summed E-state index contributed by atoms with van der Waals surface area (Å²) < 4.78 is 5.17. The zero-order valence-electron chi connectivity index (χ0n) is 11.6. The number of hydrogen-bond donors (Lipinski definition) is 3. The van der Waals surface area contributed by atoms with Crippen molar-refractivity contribution in [2.24, 2.45) is 0 Å². The lowest BCUT2D eigenvalue weighted by molar-refractivity contribution is 0.148. The minimum absolute atomic E-state index is 0.187. The van der Waals surface area contributed by atoms with Gasteiger partial charge >= 0.3 is 0 Å². The van der Waals surface area contributed by atoms with Crippen molar-refractivity contribution in [3.63, 3.8) is 0 Å². The lowest BCUT2D eigenvalue weighted by Crippen LogP contribution is -2.34. The van der Waals surface area contributed by atoms with Gasteiger partial charge in [-0.15, -0.1) is 0 Å². The Bertz CT molecular complexity index is 390. The molecule has 4 heteroatoms. The summed E-state index contributed by atoms with van der Waals surface area (Å²) >= 11 is 0. The van der Waals surface area contributed by atoms with E-state index in [4.69, 9.17) is 9.84 Å². The molecule has 0 saturated carbocycles. The van der Waals surface area contributed by atoms with Crippen LogP contribution in [0.2, 0.25) is 0 Å². The number of fused-ring (bicyclic) bond motifs is 1. The number of hydrogen-bond acceptors (Lipinski definition) is 4. The fraction of sp³-hybridized carbons (Fsp3) is 0.600. The fourth-order valence-corrected chi connectivity index (χ4v) is 2.58. The maximum Gasteiger partial charge on any atom is 0.0616 e. The van der Waals surface area contributed by atoms with Crippen LogP contribution < -0.4 is 10.6 Å². The standard InChI is InChI=1S/C15H24N2O2/c1-19-11-14(7-9-18)17-10-13-5-2-4-12-6-3-8-16-15(12)13/h2,4-5,14,16-18H,3,6-11H2,1H3. The van der Waals surface area contributed by atoms with E-state index in [2.05, 4.69) is 28.8 Å². The summed E-state index contributed by atoms with van der Waals surface area (Å²) in [6.45, 7) is 2.68. The van der Waals surface area contributed by atoms with E-state index in [-0.39, 0.29) is 12.6 Å². The van der Waals surface area contributed by atoms with Gasteiger partial charge < -0.3 is 20.5 Å². The van der Waals surface area contributed by atoms with Crippen LogP contribution in [-0.4, -0.2) is 38.0 Å². The lowest BCUT2D eigenvalue weighted by Gasteiger charge is -2.23. The second-order valence-corrected chi connectivity index (χ2v) is 5.03. The summed E-state index contributed by atoms with van der Waals surface area (Å²) in [6, 6.07) is 6.69. The van der Waals surface area contributed by atoms with Crippen LogP contribution in [0.3, 0.4) is 0 Å². The van der Waals surface area contributed by atoms with Gasteiger partial charge in [0.15, 0.2) is 0 Å². The predicted molar refractivity (Wildman–Crippen MR) is 77.5 cm³/mol. The molecule has 3 N–H and O–H groups in total. The van der Waals surface area contributed by atoms with Crippen LogP contribution in [-0.2, 0) is 17.7 Å². The molecule has 0 aliphatic carbocycles. The first-order valence-corrected chi connectivity index (χ1v) is 7.03. The number of rotatable bonds is 7. The molecule has 0 radical (unpaired) electrons. The first-order valence-electron chi connectivity index (χ1n) is 7.03. The van der Waals surface area contributed by atoms with Crippen LogP contribution in [0.15, 0.2) is 18.2 Å². The van der Waals surface area contributed by atoms with Gasteiger partial charge in [0.1, 0.15) is 0 Å². The Morgan fingerprint density at radius 2 is 2.37 bits per heavy atom. The number of aryl methyl sites for hydroxylation is 1. The van der Waals surface area contributed by atoms with Gasteiger partial charge in [-0.3, -0.25) is 0 Å². The average Bonchev–Trinajstić information content (AvgIpc) is 2.45. The van der Waals surface area contributed by atoms with Crippen molar-refractivity contribution in [3.8, 4) is 0 Å². The van der Waals surface area contributed by atoms with Crippen molar-refractivity contribution < 1.29 is 9.84 Å². The highest BCUT2D eigenvalue weighted by atomic mass is 16.5. The van der Waals surface area contributed by atoms with Gasteiger partial charge in [-0.05, 0) is 30.4 Å². The number of nitrogens with one attached hydrogen (secondary N) is 2. The van der Waals surface area contributed by atoms with Gasteiger partial charge in [-0.1, -0.05) is 18.2 Å². The van der Waals surface area contributed by atoms with Crippen LogP contribution >= 0.6 is 0 Å². The molecule has 1 aromatic carbocycles. The van der Waals surface area contributed by atoms with E-state index in [1.54, 1.807) is 7.11 Å². The van der Waals surface area contributed by atoms with Crippen LogP contribution in [0.4, 0.5) is 5.69 Å². The Morgan fingerprint density at radius 1 is 1.47 bits per heavy atom. The molecule has 1 heterocycles. The van der Waals surface area contributed by atoms with Crippen LogP contribution in [0.5, 0.6) is 0 Å². The van der Waals surface area contributed by atoms with Crippen LogP contribution in [0.1, 0.15) is 24.0 Å². The van der Waals surface area contributed by atoms with E-state index in [0.29, 0.717) is 6.61 Å². The normalized spacial score (nSPS) is 15.7. The van der Waals surface area contributed by atoms with Gasteiger partial charge in [0.25, 0.3) is 0 Å². The van der Waals surface area contributed by atoms with E-state index < -0.39 is 0 Å². The Balaban J connectivity index is 1.98. The number of methoxy groups -OCH3 is 1. The summed E-state index contributed by atoms with van der Waals surface area (Å²) in [5, 5.41) is 16.0. The summed E-state index contributed by atoms with van der Waals surface area (Å²) in [6.07, 6.45) is 3.09. The smallest absolute Gasteiger partial charge is 0.0616 e. The minimum atomic E-state index is 0.187. The summed E-state index contributed by atoms with van der Waals surface area (Å²) in [4.78, 5) is 0. The molecular weight excluding hydrogens is 240 g/mol. The van der Waals surface area contributed by atoms with Gasteiger partial charge in [0.05, 0.1) is 6.61 Å². The van der Waals surface area contributed by atoms with Crippen molar-refractivity contribution in [1.29, 1.82) is 0 Å². The molecule has 0 aromatic heterocycles. The molecule has 1 unspecified atom stereocenters. The first kappa shape index (κ1) is 14.3. The molecule has 1 atom stereocenters. The highest BCUT2D eigenvalue weighted by molar-refractivity contribution is 5.59. The molecule has 19 heavy (non-hydrogen) atoms. The summed E-state index contributed by atoms with van der Waals surface area (Å²) in [7, 11) is 1.69. The molecule has 1 aliphatic rings. The molecule has 106 valence electrons. The minimum Gasteiger partial charge on any atom is -0.396 e. The monoisotopic (exact) mass is 264 g/mol. The summed E-state index contributed by atoms with van der Waals surface area (Å²) in [5.41, 5.74) is 4.01. The average molecular weight is 264 g/mol. The highest BCUT2D eigenvalue weighted by Crippen LogP contribution is 2.25. The zero-order valence-corrected chi connectivity index (χ0v) is 11.6. The zero-order chi connectivity index (χ0) is 13.5. The second kappa shape index (κ2) is 7.48. The van der Waals surface area contributed by atoms with E-state index in [1.165, 1.54) is 23.2 Å². The molecule has 0 bridgehead atoms. The lowest BCUT2D eigenvalue weighted by atomic mass is 9.99. The molecule has 2 rings (SSSR count). The SMILES string of the molecule is COCC(CCO)NCc1cccc2c1NCCC2. The molecule has 0 fully saturated rings. The third-order valence-electron chi connectivity index (χ3n) is 3.59. The van der Waals surface area contributed by atoms with Gasteiger partial charge in [0, 0.05) is 38.5 Å². The molecule has 0 saturated heterocycles. The Morgan fingerprint density at radius 3 is 3.16 bits per heavy atom. The first-order chi connectivity index (χ1) is 9.35. The topological polar surface area (TPSA) is 53.5 Å². The fourth-order valence-electron chi connectivity index (χ4n) is 2.58. The number of aliphatic hydroxyl groups is 1. The van der Waals surface area contributed by atoms with E-state index in [1.807, 2.05) is 0 Å². The predicted octanol–water partition coefficient (Wildman–Crippen LogP) is 1.53. The highest BCUT2D eigenvalue weighted by Gasteiger charge is 2.13. The van der Waals surface area contributed by atoms with Crippen molar-refractivity contribution in [2.45, 2.75) is 31.8 Å². The Kier molecular flexibility index (Phi) is 5.63. The maximum absolute atomic E-state index is 9.04. The second-order valence-electron chi connectivity index (χ2n) is 5.03. The van der Waals surface area contributed by atoms with E-state index >= 15 is 0 Å². The molecule has 4 nitrogen and oxygen atoms in total. The number of ether oxygens (including phenoxy) is 1. The maximum atomic E-state index is 9.04. The van der Waals surface area contributed by atoms with Gasteiger partial charge in [-0.2, -0.15) is 0 Å². The van der Waals surface area contributed by atoms with Gasteiger partial charge in [-0.25, -0.2) is 0 Å². The number of anilines is 1. The quantitative estimate of drug-likeness (QED) is 0.699. The molecule has 0 amide bonds. The third kappa shape index (κ3) is 3.93. The molecule has 0 spiro atoms. The Hall–Kier alpha value is -1.10. The number of para-hydroxylation sites is 1. The van der Waals surface area contributed by atoms with Crippen molar-refractivity contribution in [1.82, 2.24) is 5.32 Å². The number of benzene rings is 1. The van der Waals surface area contributed by atoms with Crippen LogP contribution in [0.25, 0.3) is 0 Å².